The summed E-state index contributed by atoms with van der Waals surface area (Å²) in [6, 6.07) is 5.83. The third kappa shape index (κ3) is 3.85. The molecule has 0 aliphatic heterocycles. The van der Waals surface area contributed by atoms with Gasteiger partial charge in [0.1, 0.15) is 0 Å². The lowest BCUT2D eigenvalue weighted by molar-refractivity contribution is 0.219. The summed E-state index contributed by atoms with van der Waals surface area (Å²) >= 11 is 12.2. The van der Waals surface area contributed by atoms with Crippen LogP contribution in [0.3, 0.4) is 0 Å². The van der Waals surface area contributed by atoms with E-state index in [2.05, 4.69) is 12.3 Å². The Hall–Kier alpha value is -0.280. The van der Waals surface area contributed by atoms with Gasteiger partial charge in [-0.2, -0.15) is 0 Å². The maximum atomic E-state index is 6.08. The minimum absolute atomic E-state index is 0.147. The molecule has 0 spiro atoms. The third-order valence-electron chi connectivity index (χ3n) is 4.36. The minimum Gasteiger partial charge on any atom is -0.271 e. The topological polar surface area (TPSA) is 38.0 Å². The van der Waals surface area contributed by atoms with Crippen molar-refractivity contribution < 1.29 is 0 Å². The van der Waals surface area contributed by atoms with E-state index < -0.39 is 0 Å². The Labute approximate surface area is 125 Å². The summed E-state index contributed by atoms with van der Waals surface area (Å²) in [6.07, 6.45) is 6.33. The van der Waals surface area contributed by atoms with E-state index in [1.54, 1.807) is 6.07 Å². The molecule has 1 saturated carbocycles. The molecule has 19 heavy (non-hydrogen) atoms. The smallest absolute Gasteiger partial charge is 0.0489 e. The molecule has 1 aromatic rings. The summed E-state index contributed by atoms with van der Waals surface area (Å²) in [4.78, 5) is 0. The SMILES string of the molecule is CCC1CCC(C(NN)c2cc(Cl)cc(Cl)c2)CC1. The molecule has 0 amide bonds. The van der Waals surface area contributed by atoms with E-state index in [9.17, 15) is 0 Å². The van der Waals surface area contributed by atoms with Crippen molar-refractivity contribution in [1.29, 1.82) is 0 Å². The van der Waals surface area contributed by atoms with Crippen molar-refractivity contribution in [2.75, 3.05) is 0 Å². The van der Waals surface area contributed by atoms with Crippen LogP contribution in [0, 0.1) is 11.8 Å². The first-order valence-electron chi connectivity index (χ1n) is 7.06. The van der Waals surface area contributed by atoms with Gasteiger partial charge in [-0.1, -0.05) is 49.4 Å². The molecule has 0 radical (unpaired) electrons. The number of benzene rings is 1. The third-order valence-corrected chi connectivity index (χ3v) is 4.80. The van der Waals surface area contributed by atoms with E-state index in [0.717, 1.165) is 11.5 Å². The van der Waals surface area contributed by atoms with Crippen molar-refractivity contribution in [2.45, 2.75) is 45.1 Å². The first-order valence-corrected chi connectivity index (χ1v) is 7.81. The summed E-state index contributed by atoms with van der Waals surface area (Å²) in [5, 5.41) is 1.34. The van der Waals surface area contributed by atoms with Gasteiger partial charge in [0, 0.05) is 16.1 Å². The van der Waals surface area contributed by atoms with Gasteiger partial charge in [-0.05, 0) is 48.4 Å². The van der Waals surface area contributed by atoms with E-state index in [1.807, 2.05) is 12.1 Å². The molecule has 0 heterocycles. The normalized spacial score (nSPS) is 25.3. The Morgan fingerprint density at radius 1 is 1.16 bits per heavy atom. The van der Waals surface area contributed by atoms with Gasteiger partial charge in [0.2, 0.25) is 0 Å². The standard InChI is InChI=1S/C15H22Cl2N2/c1-2-10-3-5-11(6-4-10)15(19-18)12-7-13(16)9-14(17)8-12/h7-11,15,19H,2-6,18H2,1H3. The molecule has 1 fully saturated rings. The van der Waals surface area contributed by atoms with Crippen LogP contribution >= 0.6 is 23.2 Å². The Morgan fingerprint density at radius 3 is 2.21 bits per heavy atom. The van der Waals surface area contributed by atoms with Gasteiger partial charge in [0.15, 0.2) is 0 Å². The van der Waals surface area contributed by atoms with Crippen molar-refractivity contribution >= 4 is 23.2 Å². The Morgan fingerprint density at radius 2 is 1.74 bits per heavy atom. The highest BCUT2D eigenvalue weighted by atomic mass is 35.5. The van der Waals surface area contributed by atoms with Crippen LogP contribution < -0.4 is 11.3 Å². The summed E-state index contributed by atoms with van der Waals surface area (Å²) in [5.41, 5.74) is 4.06. The maximum absolute atomic E-state index is 6.08. The lowest BCUT2D eigenvalue weighted by Crippen LogP contribution is -2.35. The molecule has 2 nitrogen and oxygen atoms in total. The first-order chi connectivity index (χ1) is 9.13. The number of rotatable bonds is 4. The molecule has 1 unspecified atom stereocenters. The molecule has 1 aromatic carbocycles. The zero-order valence-electron chi connectivity index (χ0n) is 11.3. The molecule has 0 saturated heterocycles. The van der Waals surface area contributed by atoms with Crippen LogP contribution in [-0.4, -0.2) is 0 Å². The van der Waals surface area contributed by atoms with Crippen molar-refractivity contribution in [1.82, 2.24) is 5.43 Å². The van der Waals surface area contributed by atoms with Gasteiger partial charge < -0.3 is 0 Å². The fraction of sp³-hybridized carbons (Fsp3) is 0.600. The van der Waals surface area contributed by atoms with E-state index in [-0.39, 0.29) is 6.04 Å². The van der Waals surface area contributed by atoms with Crippen LogP contribution in [-0.2, 0) is 0 Å². The van der Waals surface area contributed by atoms with Crippen molar-refractivity contribution in [3.63, 3.8) is 0 Å². The molecule has 4 heteroatoms. The van der Waals surface area contributed by atoms with Gasteiger partial charge in [-0.15, -0.1) is 0 Å². The van der Waals surface area contributed by atoms with E-state index in [1.165, 1.54) is 32.1 Å². The minimum atomic E-state index is 0.147. The molecule has 106 valence electrons. The molecule has 0 bridgehead atoms. The molecular formula is C15H22Cl2N2. The van der Waals surface area contributed by atoms with Crippen LogP contribution in [0.25, 0.3) is 0 Å². The Balaban J connectivity index is 2.11. The summed E-state index contributed by atoms with van der Waals surface area (Å²) in [7, 11) is 0. The average molecular weight is 301 g/mol. The number of hydrazine groups is 1. The molecule has 2 rings (SSSR count). The molecule has 3 N–H and O–H groups in total. The lowest BCUT2D eigenvalue weighted by atomic mass is 9.76. The highest BCUT2D eigenvalue weighted by Gasteiger charge is 2.27. The summed E-state index contributed by atoms with van der Waals surface area (Å²) in [5.74, 6) is 7.23. The van der Waals surface area contributed by atoms with Crippen molar-refractivity contribution in [3.05, 3.63) is 33.8 Å². The van der Waals surface area contributed by atoms with Crippen LogP contribution in [0.15, 0.2) is 18.2 Å². The molecule has 0 aromatic heterocycles. The Kier molecular flexibility index (Phi) is 5.52. The number of nitrogens with two attached hydrogens (primary N) is 1. The predicted molar refractivity (Wildman–Crippen MR) is 82.3 cm³/mol. The monoisotopic (exact) mass is 300 g/mol. The molecule has 1 atom stereocenters. The highest BCUT2D eigenvalue weighted by molar-refractivity contribution is 6.34. The fourth-order valence-corrected chi connectivity index (χ4v) is 3.73. The second-order valence-corrected chi connectivity index (χ2v) is 6.41. The first kappa shape index (κ1) is 15.1. The van der Waals surface area contributed by atoms with Crippen LogP contribution in [0.2, 0.25) is 10.0 Å². The second kappa shape index (κ2) is 6.94. The summed E-state index contributed by atoms with van der Waals surface area (Å²) in [6.45, 7) is 2.28. The van der Waals surface area contributed by atoms with E-state index in [0.29, 0.717) is 16.0 Å². The molecule has 1 aliphatic rings. The van der Waals surface area contributed by atoms with Crippen molar-refractivity contribution in [2.24, 2.45) is 17.7 Å². The van der Waals surface area contributed by atoms with Crippen LogP contribution in [0.1, 0.15) is 50.6 Å². The lowest BCUT2D eigenvalue weighted by Gasteiger charge is -2.33. The zero-order valence-corrected chi connectivity index (χ0v) is 12.8. The summed E-state index contributed by atoms with van der Waals surface area (Å²) < 4.78 is 0. The number of halogens is 2. The second-order valence-electron chi connectivity index (χ2n) is 5.54. The highest BCUT2D eigenvalue weighted by Crippen LogP contribution is 2.38. The van der Waals surface area contributed by atoms with Crippen molar-refractivity contribution in [3.8, 4) is 0 Å². The largest absolute Gasteiger partial charge is 0.271 e. The Bertz CT molecular complexity index is 394. The molecular weight excluding hydrogens is 279 g/mol. The van der Waals surface area contributed by atoms with Gasteiger partial charge >= 0.3 is 0 Å². The van der Waals surface area contributed by atoms with E-state index >= 15 is 0 Å². The number of hydrogen-bond donors (Lipinski definition) is 2. The van der Waals surface area contributed by atoms with Gasteiger partial charge in [0.25, 0.3) is 0 Å². The zero-order chi connectivity index (χ0) is 13.8. The predicted octanol–water partition coefficient (Wildman–Crippen LogP) is 4.71. The number of hydrogen-bond acceptors (Lipinski definition) is 2. The van der Waals surface area contributed by atoms with Crippen LogP contribution in [0.4, 0.5) is 0 Å². The maximum Gasteiger partial charge on any atom is 0.0489 e. The quantitative estimate of drug-likeness (QED) is 0.624. The molecule has 1 aliphatic carbocycles. The van der Waals surface area contributed by atoms with Gasteiger partial charge in [0.05, 0.1) is 0 Å². The van der Waals surface area contributed by atoms with Crippen LogP contribution in [0.5, 0.6) is 0 Å². The average Bonchev–Trinajstić information content (AvgIpc) is 2.39. The van der Waals surface area contributed by atoms with Gasteiger partial charge in [-0.25, -0.2) is 0 Å². The number of nitrogens with one attached hydrogen (secondary N) is 1. The van der Waals surface area contributed by atoms with E-state index in [4.69, 9.17) is 29.0 Å². The van der Waals surface area contributed by atoms with Gasteiger partial charge in [-0.3, -0.25) is 11.3 Å². The fourth-order valence-electron chi connectivity index (χ4n) is 3.19.